The number of hydrogen-bond donors (Lipinski definition) is 2. The number of carbonyl (C=O) groups is 1. The molecule has 0 aromatic rings. The molecule has 1 rings (SSSR count). The first kappa shape index (κ1) is 12.3. The molecule has 1 aliphatic rings. The molecule has 88 valence electrons. The van der Waals surface area contributed by atoms with E-state index in [1.807, 2.05) is 6.92 Å². The third-order valence-corrected chi connectivity index (χ3v) is 3.45. The van der Waals surface area contributed by atoms with Crippen molar-refractivity contribution in [1.29, 1.82) is 0 Å². The topological polar surface area (TPSA) is 52.6 Å². The number of amides is 2. The van der Waals surface area contributed by atoms with E-state index >= 15 is 0 Å². The second-order valence-electron chi connectivity index (χ2n) is 4.57. The van der Waals surface area contributed by atoms with Crippen LogP contribution in [-0.4, -0.2) is 41.8 Å². The minimum absolute atomic E-state index is 0.00172. The molecule has 1 saturated carbocycles. The lowest BCUT2D eigenvalue weighted by atomic mass is 9.80. The maximum Gasteiger partial charge on any atom is 0.317 e. The number of likely N-dealkylation sites (N-methyl/N-ethyl adjacent to an activating group) is 1. The number of carbonyl (C=O) groups excluding carboxylic acids is 1. The lowest BCUT2D eigenvalue weighted by Crippen LogP contribution is -2.49. The quantitative estimate of drug-likeness (QED) is 0.738. The van der Waals surface area contributed by atoms with Crippen molar-refractivity contribution in [1.82, 2.24) is 10.2 Å². The predicted molar refractivity (Wildman–Crippen MR) is 59.6 cm³/mol. The van der Waals surface area contributed by atoms with E-state index in [0.29, 0.717) is 5.92 Å². The summed E-state index contributed by atoms with van der Waals surface area (Å²) >= 11 is 0. The highest BCUT2D eigenvalue weighted by Crippen LogP contribution is 2.29. The Kier molecular flexibility index (Phi) is 4.39. The zero-order valence-corrected chi connectivity index (χ0v) is 9.86. The van der Waals surface area contributed by atoms with Gasteiger partial charge in [-0.3, -0.25) is 0 Å². The molecular weight excluding hydrogens is 192 g/mol. The molecule has 1 fully saturated rings. The highest BCUT2D eigenvalue weighted by Gasteiger charge is 2.26. The summed E-state index contributed by atoms with van der Waals surface area (Å²) in [5.74, 6) is 0.645. The fraction of sp³-hybridized carbons (Fsp3) is 0.909. The molecule has 2 amide bonds. The molecule has 2 unspecified atom stereocenters. The molecule has 4 nitrogen and oxygen atoms in total. The van der Waals surface area contributed by atoms with E-state index in [1.165, 1.54) is 19.3 Å². The van der Waals surface area contributed by atoms with Gasteiger partial charge in [-0.25, -0.2) is 4.79 Å². The van der Waals surface area contributed by atoms with E-state index in [9.17, 15) is 4.79 Å². The van der Waals surface area contributed by atoms with Gasteiger partial charge in [0.15, 0.2) is 0 Å². The zero-order chi connectivity index (χ0) is 11.4. The first-order valence-corrected chi connectivity index (χ1v) is 5.70. The van der Waals surface area contributed by atoms with Gasteiger partial charge >= 0.3 is 6.03 Å². The monoisotopic (exact) mass is 214 g/mol. The number of aliphatic hydroxyl groups is 1. The van der Waals surface area contributed by atoms with Crippen LogP contribution in [0, 0.1) is 5.92 Å². The predicted octanol–water partition coefficient (Wildman–Crippen LogP) is 1.20. The number of aliphatic hydroxyl groups excluding tert-OH is 1. The Hall–Kier alpha value is -0.770. The van der Waals surface area contributed by atoms with Crippen molar-refractivity contribution < 1.29 is 9.90 Å². The number of nitrogens with one attached hydrogen (secondary N) is 1. The van der Waals surface area contributed by atoms with Gasteiger partial charge in [-0.05, 0) is 32.6 Å². The fourth-order valence-corrected chi connectivity index (χ4v) is 1.68. The van der Waals surface area contributed by atoms with Gasteiger partial charge in [0.25, 0.3) is 0 Å². The third-order valence-electron chi connectivity index (χ3n) is 3.45. The van der Waals surface area contributed by atoms with Crippen LogP contribution in [0.15, 0.2) is 0 Å². The van der Waals surface area contributed by atoms with Crippen molar-refractivity contribution in [2.75, 3.05) is 13.7 Å². The van der Waals surface area contributed by atoms with Gasteiger partial charge < -0.3 is 15.3 Å². The summed E-state index contributed by atoms with van der Waals surface area (Å²) in [5, 5.41) is 11.9. The van der Waals surface area contributed by atoms with Gasteiger partial charge in [0.05, 0.1) is 12.6 Å². The standard InChI is InChI=1S/C11H22N2O2/c1-8(7-14)13(3)11(15)12-9(2)10-5-4-6-10/h8-10,14H,4-7H2,1-3H3,(H,12,15). The molecule has 1 aliphatic carbocycles. The van der Waals surface area contributed by atoms with E-state index in [0.717, 1.165) is 0 Å². The van der Waals surface area contributed by atoms with E-state index in [-0.39, 0.29) is 24.7 Å². The van der Waals surface area contributed by atoms with Crippen LogP contribution in [0.4, 0.5) is 4.79 Å². The number of nitrogens with zero attached hydrogens (tertiary/aromatic N) is 1. The molecule has 4 heteroatoms. The van der Waals surface area contributed by atoms with Crippen LogP contribution in [0.1, 0.15) is 33.1 Å². The van der Waals surface area contributed by atoms with Crippen molar-refractivity contribution >= 4 is 6.03 Å². The van der Waals surface area contributed by atoms with Crippen LogP contribution in [0.3, 0.4) is 0 Å². The molecule has 0 radical (unpaired) electrons. The van der Waals surface area contributed by atoms with Crippen LogP contribution in [0.25, 0.3) is 0 Å². The second kappa shape index (κ2) is 5.35. The Bertz CT molecular complexity index is 217. The Morgan fingerprint density at radius 1 is 1.53 bits per heavy atom. The highest BCUT2D eigenvalue weighted by atomic mass is 16.3. The van der Waals surface area contributed by atoms with E-state index in [1.54, 1.807) is 11.9 Å². The van der Waals surface area contributed by atoms with Gasteiger partial charge in [0.1, 0.15) is 0 Å². The summed E-state index contributed by atoms with van der Waals surface area (Å²) in [6, 6.07) is 0.0362. The largest absolute Gasteiger partial charge is 0.394 e. The maximum atomic E-state index is 11.7. The van der Waals surface area contributed by atoms with Gasteiger partial charge in [-0.15, -0.1) is 0 Å². The van der Waals surface area contributed by atoms with Gasteiger partial charge in [-0.2, -0.15) is 0 Å². The Labute approximate surface area is 91.6 Å². The lowest BCUT2D eigenvalue weighted by Gasteiger charge is -2.34. The third kappa shape index (κ3) is 3.09. The molecule has 0 heterocycles. The first-order valence-electron chi connectivity index (χ1n) is 5.70. The summed E-state index contributed by atoms with van der Waals surface area (Å²) in [6.45, 7) is 3.88. The molecule has 15 heavy (non-hydrogen) atoms. The summed E-state index contributed by atoms with van der Waals surface area (Å²) in [6.07, 6.45) is 3.73. The Morgan fingerprint density at radius 2 is 2.13 bits per heavy atom. The van der Waals surface area contributed by atoms with Crippen molar-refractivity contribution in [3.8, 4) is 0 Å². The van der Waals surface area contributed by atoms with Gasteiger partial charge in [0, 0.05) is 13.1 Å². The number of hydrogen-bond acceptors (Lipinski definition) is 2. The molecule has 0 spiro atoms. The molecule has 2 N–H and O–H groups in total. The molecule has 0 bridgehead atoms. The van der Waals surface area contributed by atoms with Crippen LogP contribution in [0.5, 0.6) is 0 Å². The fourth-order valence-electron chi connectivity index (χ4n) is 1.68. The average molecular weight is 214 g/mol. The maximum absolute atomic E-state index is 11.7. The summed E-state index contributed by atoms with van der Waals surface area (Å²) in [7, 11) is 1.71. The number of rotatable bonds is 4. The normalized spacial score (nSPS) is 20.3. The van der Waals surface area contributed by atoms with Crippen LogP contribution in [-0.2, 0) is 0 Å². The van der Waals surface area contributed by atoms with Crippen molar-refractivity contribution in [3.63, 3.8) is 0 Å². The molecule has 0 aliphatic heterocycles. The highest BCUT2D eigenvalue weighted by molar-refractivity contribution is 5.74. The smallest absolute Gasteiger partial charge is 0.317 e. The average Bonchev–Trinajstić information content (AvgIpc) is 2.12. The first-order chi connectivity index (χ1) is 7.06. The SMILES string of the molecule is CC(NC(=O)N(C)C(C)CO)C1CCC1. The van der Waals surface area contributed by atoms with Gasteiger partial charge in [0.2, 0.25) is 0 Å². The molecular formula is C11H22N2O2. The van der Waals surface area contributed by atoms with E-state index < -0.39 is 0 Å². The summed E-state index contributed by atoms with van der Waals surface area (Å²) < 4.78 is 0. The van der Waals surface area contributed by atoms with Crippen molar-refractivity contribution in [2.45, 2.75) is 45.2 Å². The second-order valence-corrected chi connectivity index (χ2v) is 4.57. The molecule has 0 aromatic heterocycles. The Balaban J connectivity index is 2.33. The summed E-state index contributed by atoms with van der Waals surface area (Å²) in [4.78, 5) is 13.3. The summed E-state index contributed by atoms with van der Waals surface area (Å²) in [5.41, 5.74) is 0. The zero-order valence-electron chi connectivity index (χ0n) is 9.86. The van der Waals surface area contributed by atoms with E-state index in [4.69, 9.17) is 5.11 Å². The van der Waals surface area contributed by atoms with Crippen LogP contribution in [0.2, 0.25) is 0 Å². The molecule has 0 aromatic carbocycles. The minimum Gasteiger partial charge on any atom is -0.394 e. The Morgan fingerprint density at radius 3 is 2.53 bits per heavy atom. The van der Waals surface area contributed by atoms with Crippen LogP contribution >= 0.6 is 0 Å². The molecule has 0 saturated heterocycles. The van der Waals surface area contributed by atoms with E-state index in [2.05, 4.69) is 12.2 Å². The van der Waals surface area contributed by atoms with Gasteiger partial charge in [-0.1, -0.05) is 6.42 Å². The number of urea groups is 1. The minimum atomic E-state index is -0.126. The van der Waals surface area contributed by atoms with Crippen molar-refractivity contribution in [3.05, 3.63) is 0 Å². The lowest BCUT2D eigenvalue weighted by molar-refractivity contribution is 0.148. The van der Waals surface area contributed by atoms with Crippen molar-refractivity contribution in [2.24, 2.45) is 5.92 Å². The van der Waals surface area contributed by atoms with Crippen LogP contribution < -0.4 is 5.32 Å². The molecule has 2 atom stereocenters.